The molecule has 2 rings (SSSR count). The number of nitrogens with one attached hydrogen (secondary N) is 1. The van der Waals surface area contributed by atoms with Crippen molar-refractivity contribution in [2.75, 3.05) is 0 Å². The molecule has 0 aliphatic carbocycles. The Morgan fingerprint density at radius 3 is 2.60 bits per heavy atom. The van der Waals surface area contributed by atoms with Gasteiger partial charge in [0.15, 0.2) is 5.78 Å². The van der Waals surface area contributed by atoms with Gasteiger partial charge in [0.25, 0.3) is 0 Å². The highest BCUT2D eigenvalue weighted by atomic mass is 32.2. The molecule has 1 aromatic carbocycles. The predicted molar refractivity (Wildman–Crippen MR) is 59.3 cm³/mol. The summed E-state index contributed by atoms with van der Waals surface area (Å²) in [7, 11) is 0. The third kappa shape index (κ3) is 2.59. The van der Waals surface area contributed by atoms with E-state index in [-0.39, 0.29) is 23.5 Å². The fraction of sp³-hybridized carbons (Fsp3) is 0.273. The first-order valence-corrected chi connectivity index (χ1v) is 5.78. The lowest BCUT2D eigenvalue weighted by molar-refractivity contribution is -0.122. The highest BCUT2D eigenvalue weighted by Gasteiger charge is 2.29. The number of amides is 1. The van der Waals surface area contributed by atoms with Crippen molar-refractivity contribution in [1.82, 2.24) is 5.32 Å². The second-order valence-corrected chi connectivity index (χ2v) is 4.48. The van der Waals surface area contributed by atoms with Crippen LogP contribution in [0.15, 0.2) is 30.3 Å². The summed E-state index contributed by atoms with van der Waals surface area (Å²) >= 11 is 1.47. The smallest absolute Gasteiger partial charge is 0.228 e. The largest absolute Gasteiger partial charge is 0.337 e. The van der Waals surface area contributed by atoms with E-state index in [2.05, 4.69) is 5.32 Å². The van der Waals surface area contributed by atoms with Gasteiger partial charge < -0.3 is 5.32 Å². The standard InChI is InChI=1S/C11H11NO2S/c13-9-6-10(14)12-11(9)15-7-8-4-2-1-3-5-8/h1-5,11H,6-7H2,(H,12,14). The summed E-state index contributed by atoms with van der Waals surface area (Å²) in [6.45, 7) is 0. The van der Waals surface area contributed by atoms with Crippen molar-refractivity contribution < 1.29 is 9.59 Å². The molecule has 3 nitrogen and oxygen atoms in total. The first-order valence-electron chi connectivity index (χ1n) is 4.73. The van der Waals surface area contributed by atoms with Crippen molar-refractivity contribution in [3.63, 3.8) is 0 Å². The Morgan fingerprint density at radius 2 is 2.00 bits per heavy atom. The summed E-state index contributed by atoms with van der Waals surface area (Å²) in [5, 5.41) is 2.30. The second-order valence-electron chi connectivity index (χ2n) is 3.39. The van der Waals surface area contributed by atoms with Crippen LogP contribution in [0.3, 0.4) is 0 Å². The van der Waals surface area contributed by atoms with Gasteiger partial charge >= 0.3 is 0 Å². The lowest BCUT2D eigenvalue weighted by atomic mass is 10.2. The van der Waals surface area contributed by atoms with Gasteiger partial charge in [-0.25, -0.2) is 0 Å². The van der Waals surface area contributed by atoms with Gasteiger partial charge in [-0.2, -0.15) is 0 Å². The molecular formula is C11H11NO2S. The van der Waals surface area contributed by atoms with Crippen molar-refractivity contribution in [3.8, 4) is 0 Å². The Kier molecular flexibility index (Phi) is 3.06. The average molecular weight is 221 g/mol. The molecule has 0 aromatic heterocycles. The van der Waals surface area contributed by atoms with Crippen molar-refractivity contribution in [1.29, 1.82) is 0 Å². The van der Waals surface area contributed by atoms with Crippen LogP contribution in [-0.4, -0.2) is 17.1 Å². The molecule has 1 fully saturated rings. The number of hydrogen-bond donors (Lipinski definition) is 1. The lowest BCUT2D eigenvalue weighted by Gasteiger charge is -2.07. The quantitative estimate of drug-likeness (QED) is 0.783. The summed E-state index contributed by atoms with van der Waals surface area (Å²) in [6, 6.07) is 9.90. The Hall–Kier alpha value is -1.29. The summed E-state index contributed by atoms with van der Waals surface area (Å²) in [5.74, 6) is 0.573. The molecule has 0 saturated carbocycles. The second kappa shape index (κ2) is 4.49. The topological polar surface area (TPSA) is 46.2 Å². The number of thioether (sulfide) groups is 1. The molecule has 15 heavy (non-hydrogen) atoms. The Morgan fingerprint density at radius 1 is 1.27 bits per heavy atom. The van der Waals surface area contributed by atoms with Gasteiger partial charge in [0, 0.05) is 5.75 Å². The van der Waals surface area contributed by atoms with Gasteiger partial charge in [0.2, 0.25) is 5.91 Å². The summed E-state index contributed by atoms with van der Waals surface area (Å²) < 4.78 is 0. The molecule has 78 valence electrons. The van der Waals surface area contributed by atoms with Gasteiger partial charge in [-0.05, 0) is 5.56 Å². The SMILES string of the molecule is O=C1CC(=O)C(SCc2ccccc2)N1. The molecule has 1 unspecified atom stereocenters. The van der Waals surface area contributed by atoms with Crippen LogP contribution < -0.4 is 5.32 Å². The van der Waals surface area contributed by atoms with E-state index in [9.17, 15) is 9.59 Å². The van der Waals surface area contributed by atoms with Crippen LogP contribution in [0.2, 0.25) is 0 Å². The molecule has 1 aliphatic heterocycles. The molecule has 1 N–H and O–H groups in total. The maximum absolute atomic E-state index is 11.3. The third-order valence-corrected chi connectivity index (χ3v) is 3.39. The van der Waals surface area contributed by atoms with E-state index < -0.39 is 0 Å². The normalized spacial score (nSPS) is 20.4. The molecular weight excluding hydrogens is 210 g/mol. The van der Waals surface area contributed by atoms with Crippen molar-refractivity contribution in [3.05, 3.63) is 35.9 Å². The van der Waals surface area contributed by atoms with Crippen LogP contribution in [0, 0.1) is 0 Å². The van der Waals surface area contributed by atoms with Gasteiger partial charge in [-0.15, -0.1) is 11.8 Å². The van der Waals surface area contributed by atoms with Crippen molar-refractivity contribution in [2.24, 2.45) is 0 Å². The van der Waals surface area contributed by atoms with Crippen molar-refractivity contribution in [2.45, 2.75) is 17.5 Å². The van der Waals surface area contributed by atoms with Gasteiger partial charge in [0.05, 0.1) is 6.42 Å². The minimum absolute atomic E-state index is 0.0130. The summed E-state index contributed by atoms with van der Waals surface area (Å²) in [4.78, 5) is 22.2. The number of carbonyl (C=O) groups is 2. The fourth-order valence-corrected chi connectivity index (χ4v) is 2.45. The van der Waals surface area contributed by atoms with Gasteiger partial charge in [0.1, 0.15) is 5.37 Å². The number of rotatable bonds is 3. The average Bonchev–Trinajstić information content (AvgIpc) is 2.56. The first-order chi connectivity index (χ1) is 7.25. The van der Waals surface area contributed by atoms with Crippen LogP contribution >= 0.6 is 11.8 Å². The zero-order valence-corrected chi connectivity index (χ0v) is 8.92. The zero-order valence-electron chi connectivity index (χ0n) is 8.10. The molecule has 1 aliphatic rings. The summed E-state index contributed by atoms with van der Waals surface area (Å²) in [6.07, 6.45) is 0.0342. The number of ketones is 1. The maximum atomic E-state index is 11.3. The Labute approximate surface area is 92.2 Å². The Balaban J connectivity index is 1.89. The fourth-order valence-electron chi connectivity index (χ4n) is 1.42. The molecule has 1 aromatic rings. The predicted octanol–water partition coefficient (Wildman–Crippen LogP) is 1.33. The van der Waals surface area contributed by atoms with E-state index in [1.165, 1.54) is 11.8 Å². The number of Topliss-reactive ketones (excluding diaryl/α,β-unsaturated/α-hetero) is 1. The van der Waals surface area contributed by atoms with E-state index in [0.29, 0.717) is 0 Å². The van der Waals surface area contributed by atoms with Crippen LogP contribution in [-0.2, 0) is 15.3 Å². The van der Waals surface area contributed by atoms with E-state index in [1.54, 1.807) is 0 Å². The molecule has 1 atom stereocenters. The molecule has 0 bridgehead atoms. The molecule has 1 saturated heterocycles. The lowest BCUT2D eigenvalue weighted by Crippen LogP contribution is -2.25. The van der Waals surface area contributed by atoms with Gasteiger partial charge in [-0.1, -0.05) is 30.3 Å². The monoisotopic (exact) mass is 221 g/mol. The minimum atomic E-state index is -0.349. The molecule has 1 heterocycles. The van der Waals surface area contributed by atoms with Crippen LogP contribution in [0.25, 0.3) is 0 Å². The Bertz CT molecular complexity index is 377. The van der Waals surface area contributed by atoms with E-state index >= 15 is 0 Å². The van der Waals surface area contributed by atoms with Gasteiger partial charge in [-0.3, -0.25) is 9.59 Å². The number of hydrogen-bond acceptors (Lipinski definition) is 3. The molecule has 0 spiro atoms. The highest BCUT2D eigenvalue weighted by molar-refractivity contribution is 7.99. The number of carbonyl (C=O) groups excluding carboxylic acids is 2. The highest BCUT2D eigenvalue weighted by Crippen LogP contribution is 2.20. The molecule has 0 radical (unpaired) electrons. The van der Waals surface area contributed by atoms with E-state index in [0.717, 1.165) is 11.3 Å². The van der Waals surface area contributed by atoms with Crippen molar-refractivity contribution >= 4 is 23.5 Å². The first kappa shape index (κ1) is 10.2. The third-order valence-electron chi connectivity index (χ3n) is 2.18. The van der Waals surface area contributed by atoms with Crippen LogP contribution in [0.4, 0.5) is 0 Å². The molecule has 4 heteroatoms. The number of benzene rings is 1. The van der Waals surface area contributed by atoms with Crippen LogP contribution in [0.1, 0.15) is 12.0 Å². The molecule has 1 amide bonds. The zero-order chi connectivity index (χ0) is 10.7. The van der Waals surface area contributed by atoms with Crippen LogP contribution in [0.5, 0.6) is 0 Å². The summed E-state index contributed by atoms with van der Waals surface area (Å²) in [5.41, 5.74) is 1.16. The minimum Gasteiger partial charge on any atom is -0.337 e. The van der Waals surface area contributed by atoms with E-state index in [1.807, 2.05) is 30.3 Å². The maximum Gasteiger partial charge on any atom is 0.228 e. The van der Waals surface area contributed by atoms with E-state index in [4.69, 9.17) is 0 Å².